The highest BCUT2D eigenvalue weighted by Gasteiger charge is 1.99. The third kappa shape index (κ3) is 6.42. The molecule has 0 saturated heterocycles. The van der Waals surface area contributed by atoms with Crippen molar-refractivity contribution in [3.63, 3.8) is 0 Å². The summed E-state index contributed by atoms with van der Waals surface area (Å²) in [6, 6.07) is 8.58. The molecule has 24 heavy (non-hydrogen) atoms. The van der Waals surface area contributed by atoms with E-state index in [1.54, 1.807) is 13.2 Å². The average Bonchev–Trinajstić information content (AvgIpc) is 3.12. The summed E-state index contributed by atoms with van der Waals surface area (Å²) in [5, 5.41) is 6.61. The Hall–Kier alpha value is -2.34. The van der Waals surface area contributed by atoms with Gasteiger partial charge in [0.1, 0.15) is 0 Å². The van der Waals surface area contributed by atoms with Crippen molar-refractivity contribution in [3.05, 3.63) is 54.1 Å². The van der Waals surface area contributed by atoms with Crippen molar-refractivity contribution in [2.75, 3.05) is 26.8 Å². The van der Waals surface area contributed by atoms with Gasteiger partial charge in [-0.1, -0.05) is 24.3 Å². The Morgan fingerprint density at radius 2 is 2.00 bits per heavy atom. The Morgan fingerprint density at radius 3 is 2.67 bits per heavy atom. The molecule has 0 atom stereocenters. The first kappa shape index (κ1) is 18.0. The maximum absolute atomic E-state index is 5.32. The first-order chi connectivity index (χ1) is 11.8. The lowest BCUT2D eigenvalue weighted by Gasteiger charge is -2.12. The second-order valence-corrected chi connectivity index (χ2v) is 5.45. The molecular weight excluding hydrogens is 302 g/mol. The van der Waals surface area contributed by atoms with Gasteiger partial charge in [-0.3, -0.25) is 4.99 Å². The number of hydrogen-bond acceptors (Lipinski definition) is 3. The maximum Gasteiger partial charge on any atom is 0.191 e. The number of aromatic nitrogens is 2. The Morgan fingerprint density at radius 1 is 1.21 bits per heavy atom. The smallest absolute Gasteiger partial charge is 0.191 e. The van der Waals surface area contributed by atoms with Crippen molar-refractivity contribution in [3.8, 4) is 0 Å². The Kier molecular flexibility index (Phi) is 7.83. The minimum Gasteiger partial charge on any atom is -0.382 e. The van der Waals surface area contributed by atoms with Crippen molar-refractivity contribution in [1.82, 2.24) is 20.2 Å². The fourth-order valence-electron chi connectivity index (χ4n) is 2.29. The van der Waals surface area contributed by atoms with Gasteiger partial charge in [0.25, 0.3) is 0 Å². The van der Waals surface area contributed by atoms with E-state index in [0.29, 0.717) is 0 Å². The third-order valence-electron chi connectivity index (χ3n) is 3.59. The minimum atomic E-state index is 0.747. The van der Waals surface area contributed by atoms with Crippen LogP contribution in [-0.2, 0) is 17.8 Å². The van der Waals surface area contributed by atoms with Gasteiger partial charge in [-0.15, -0.1) is 0 Å². The van der Waals surface area contributed by atoms with Gasteiger partial charge in [-0.2, -0.15) is 0 Å². The molecule has 130 valence electrons. The van der Waals surface area contributed by atoms with Gasteiger partial charge in [-0.05, 0) is 24.5 Å². The molecule has 0 amide bonds. The van der Waals surface area contributed by atoms with E-state index < -0.39 is 0 Å². The van der Waals surface area contributed by atoms with Crippen LogP contribution in [0.5, 0.6) is 0 Å². The number of benzene rings is 1. The van der Waals surface area contributed by atoms with Crippen LogP contribution in [-0.4, -0.2) is 42.3 Å². The summed E-state index contributed by atoms with van der Waals surface area (Å²) in [6.45, 7) is 5.99. The molecule has 1 aromatic carbocycles. The van der Waals surface area contributed by atoms with E-state index in [0.717, 1.165) is 45.2 Å². The molecule has 0 aliphatic carbocycles. The van der Waals surface area contributed by atoms with E-state index in [1.807, 2.05) is 19.4 Å². The normalized spacial score (nSPS) is 11.5. The van der Waals surface area contributed by atoms with Crippen LogP contribution < -0.4 is 10.6 Å². The fraction of sp³-hybridized carbons (Fsp3) is 0.444. The largest absolute Gasteiger partial charge is 0.382 e. The lowest BCUT2D eigenvalue weighted by molar-refractivity contribution is 0.145. The second-order valence-electron chi connectivity index (χ2n) is 5.45. The highest BCUT2D eigenvalue weighted by Crippen LogP contribution is 2.06. The predicted molar refractivity (Wildman–Crippen MR) is 97.1 cm³/mol. The average molecular weight is 329 g/mol. The molecule has 2 N–H and O–H groups in total. The van der Waals surface area contributed by atoms with Crippen molar-refractivity contribution >= 4 is 5.96 Å². The molecule has 0 aliphatic rings. The van der Waals surface area contributed by atoms with Gasteiger partial charge in [0.15, 0.2) is 5.96 Å². The van der Waals surface area contributed by atoms with Crippen LogP contribution in [0.15, 0.2) is 48.0 Å². The molecule has 0 bridgehead atoms. The lowest BCUT2D eigenvalue weighted by atomic mass is 10.1. The molecule has 0 radical (unpaired) electrons. The van der Waals surface area contributed by atoms with E-state index in [-0.39, 0.29) is 0 Å². The van der Waals surface area contributed by atoms with Gasteiger partial charge in [0, 0.05) is 52.3 Å². The zero-order valence-electron chi connectivity index (χ0n) is 14.5. The van der Waals surface area contributed by atoms with Crippen LogP contribution in [0.25, 0.3) is 0 Å². The summed E-state index contributed by atoms with van der Waals surface area (Å²) in [6.07, 6.45) is 6.57. The van der Waals surface area contributed by atoms with Crippen LogP contribution in [0.3, 0.4) is 0 Å². The van der Waals surface area contributed by atoms with E-state index in [4.69, 9.17) is 4.74 Å². The van der Waals surface area contributed by atoms with Crippen molar-refractivity contribution in [2.24, 2.45) is 4.99 Å². The summed E-state index contributed by atoms with van der Waals surface area (Å²) in [5.74, 6) is 0.814. The summed E-state index contributed by atoms with van der Waals surface area (Å²) >= 11 is 0. The standard InChI is InChI=1S/C18H27N5O/c1-3-24-12-4-9-21-18(19-2)22-13-16-5-7-17(8-6-16)14-23-11-10-20-15-23/h5-8,10-11,15H,3-4,9,12-14H2,1-2H3,(H2,19,21,22). The zero-order chi connectivity index (χ0) is 17.0. The number of ether oxygens (including phenoxy) is 1. The Balaban J connectivity index is 1.72. The highest BCUT2D eigenvalue weighted by atomic mass is 16.5. The minimum absolute atomic E-state index is 0.747. The van der Waals surface area contributed by atoms with Gasteiger partial charge in [-0.25, -0.2) is 4.98 Å². The lowest BCUT2D eigenvalue weighted by Crippen LogP contribution is -2.37. The Labute approximate surface area is 144 Å². The number of nitrogens with one attached hydrogen (secondary N) is 2. The van der Waals surface area contributed by atoms with Crippen LogP contribution >= 0.6 is 0 Å². The van der Waals surface area contributed by atoms with Crippen LogP contribution in [0.4, 0.5) is 0 Å². The first-order valence-electron chi connectivity index (χ1n) is 8.37. The molecule has 6 heteroatoms. The SMILES string of the molecule is CCOCCCNC(=NC)NCc1ccc(Cn2ccnc2)cc1. The van der Waals surface area contributed by atoms with E-state index >= 15 is 0 Å². The number of rotatable bonds is 9. The molecule has 0 unspecified atom stereocenters. The summed E-state index contributed by atoms with van der Waals surface area (Å²) in [5.41, 5.74) is 2.48. The van der Waals surface area contributed by atoms with Crippen molar-refractivity contribution in [1.29, 1.82) is 0 Å². The topological polar surface area (TPSA) is 63.5 Å². The molecule has 1 heterocycles. The van der Waals surface area contributed by atoms with Gasteiger partial charge < -0.3 is 19.9 Å². The van der Waals surface area contributed by atoms with E-state index in [9.17, 15) is 0 Å². The summed E-state index contributed by atoms with van der Waals surface area (Å²) in [4.78, 5) is 8.29. The molecular formula is C18H27N5O. The molecule has 2 aromatic rings. The number of hydrogen-bond donors (Lipinski definition) is 2. The van der Waals surface area contributed by atoms with Crippen molar-refractivity contribution in [2.45, 2.75) is 26.4 Å². The third-order valence-corrected chi connectivity index (χ3v) is 3.59. The maximum atomic E-state index is 5.32. The molecule has 0 saturated carbocycles. The number of imidazole rings is 1. The molecule has 0 aliphatic heterocycles. The summed E-state index contributed by atoms with van der Waals surface area (Å²) < 4.78 is 7.38. The first-order valence-corrected chi connectivity index (χ1v) is 8.37. The summed E-state index contributed by atoms with van der Waals surface area (Å²) in [7, 11) is 1.78. The highest BCUT2D eigenvalue weighted by molar-refractivity contribution is 5.79. The van der Waals surface area contributed by atoms with E-state index in [1.165, 1.54) is 11.1 Å². The Bertz CT molecular complexity index is 592. The van der Waals surface area contributed by atoms with Crippen LogP contribution in [0, 0.1) is 0 Å². The molecule has 1 aromatic heterocycles. The van der Waals surface area contributed by atoms with Gasteiger partial charge in [0.05, 0.1) is 6.33 Å². The molecule has 0 spiro atoms. The van der Waals surface area contributed by atoms with Crippen LogP contribution in [0.2, 0.25) is 0 Å². The number of aliphatic imine (C=N–C) groups is 1. The monoisotopic (exact) mass is 329 g/mol. The number of guanidine groups is 1. The van der Waals surface area contributed by atoms with Crippen molar-refractivity contribution < 1.29 is 4.74 Å². The zero-order valence-corrected chi connectivity index (χ0v) is 14.5. The fourth-order valence-corrected chi connectivity index (χ4v) is 2.29. The second kappa shape index (κ2) is 10.4. The van der Waals surface area contributed by atoms with Gasteiger partial charge >= 0.3 is 0 Å². The van der Waals surface area contributed by atoms with Gasteiger partial charge in [0.2, 0.25) is 0 Å². The van der Waals surface area contributed by atoms with Crippen LogP contribution in [0.1, 0.15) is 24.5 Å². The molecule has 0 fully saturated rings. The molecule has 6 nitrogen and oxygen atoms in total. The number of nitrogens with zero attached hydrogens (tertiary/aromatic N) is 3. The molecule has 2 rings (SSSR count). The van der Waals surface area contributed by atoms with E-state index in [2.05, 4.69) is 49.4 Å². The predicted octanol–water partition coefficient (Wildman–Crippen LogP) is 2.02. The quantitative estimate of drug-likeness (QED) is 0.420.